The van der Waals surface area contributed by atoms with E-state index in [0.717, 1.165) is 15.7 Å². The van der Waals surface area contributed by atoms with Gasteiger partial charge in [0.2, 0.25) is 5.88 Å². The molecule has 1 aromatic heterocycles. The zero-order valence-corrected chi connectivity index (χ0v) is 16.5. The number of amides is 1. The van der Waals surface area contributed by atoms with Crippen LogP contribution in [0.1, 0.15) is 10.4 Å². The average Bonchev–Trinajstić information content (AvgIpc) is 3.12. The van der Waals surface area contributed by atoms with Gasteiger partial charge in [-0.05, 0) is 42.8 Å². The number of aromatic hydroxyl groups is 1. The molecule has 0 spiro atoms. The van der Waals surface area contributed by atoms with E-state index in [1.165, 1.54) is 11.3 Å². The van der Waals surface area contributed by atoms with Crippen molar-refractivity contribution in [2.24, 2.45) is 4.99 Å². The Morgan fingerprint density at radius 2 is 1.92 bits per heavy atom. The molecule has 2 heterocycles. The first-order chi connectivity index (χ1) is 12.4. The summed E-state index contributed by atoms with van der Waals surface area (Å²) in [7, 11) is 0. The van der Waals surface area contributed by atoms with Crippen molar-refractivity contribution in [2.75, 3.05) is 5.32 Å². The van der Waals surface area contributed by atoms with Gasteiger partial charge in [-0.2, -0.15) is 4.98 Å². The van der Waals surface area contributed by atoms with E-state index in [9.17, 15) is 9.90 Å². The zero-order valence-electron chi connectivity index (χ0n) is 13.4. The lowest BCUT2D eigenvalue weighted by Gasteiger charge is -2.01. The van der Waals surface area contributed by atoms with E-state index in [1.54, 1.807) is 12.1 Å². The van der Waals surface area contributed by atoms with E-state index >= 15 is 0 Å². The number of benzene rings is 2. The molecule has 0 unspecified atom stereocenters. The quantitative estimate of drug-likeness (QED) is 0.641. The summed E-state index contributed by atoms with van der Waals surface area (Å²) in [6, 6.07) is 11.0. The van der Waals surface area contributed by atoms with Gasteiger partial charge in [0.15, 0.2) is 5.13 Å². The number of hydrogen-bond acceptors (Lipinski definition) is 5. The van der Waals surface area contributed by atoms with Crippen LogP contribution < -0.4 is 15.9 Å². The number of nitrogens with zero attached hydrogens (tertiary/aromatic N) is 2. The van der Waals surface area contributed by atoms with E-state index < -0.39 is 5.91 Å². The normalized spacial score (nSPS) is 12.9. The molecule has 0 aliphatic carbocycles. The number of halogens is 2. The second kappa shape index (κ2) is 6.50. The number of anilines is 2. The molecule has 2 N–H and O–H groups in total. The van der Waals surface area contributed by atoms with E-state index in [2.05, 4.69) is 31.2 Å². The standard InChI is InChI=1S/C18H11BrClN3O2S/c1-8-12(20)7-6-11-13(16(24)22-14(8)11)15-17(25)23-18(26-15)21-10-4-2-9(19)3-5-10/h2-7,25H,1H3,(H,21,23). The molecule has 130 valence electrons. The fourth-order valence-electron chi connectivity index (χ4n) is 2.70. The summed E-state index contributed by atoms with van der Waals surface area (Å²) in [5, 5.41) is 15.7. The molecular weight excluding hydrogens is 438 g/mol. The van der Waals surface area contributed by atoms with Gasteiger partial charge < -0.3 is 10.4 Å². The lowest BCUT2D eigenvalue weighted by molar-refractivity contribution is -0.112. The maximum Gasteiger partial charge on any atom is 0.279 e. The number of fused-ring (bicyclic) bond motifs is 1. The summed E-state index contributed by atoms with van der Waals surface area (Å²) in [5.41, 5.74) is 1.91. The highest BCUT2D eigenvalue weighted by molar-refractivity contribution is 9.10. The molecule has 2 aromatic carbocycles. The third-order valence-corrected chi connectivity index (χ3v) is 5.91. The Morgan fingerprint density at radius 1 is 1.19 bits per heavy atom. The van der Waals surface area contributed by atoms with Gasteiger partial charge >= 0.3 is 0 Å². The molecule has 1 amide bonds. The molecule has 0 atom stereocenters. The van der Waals surface area contributed by atoms with Gasteiger partial charge in [0.25, 0.3) is 5.91 Å². The highest BCUT2D eigenvalue weighted by Crippen LogP contribution is 2.35. The zero-order chi connectivity index (χ0) is 18.4. The molecule has 0 bridgehead atoms. The Kier molecular flexibility index (Phi) is 4.30. The number of nitrogens with one attached hydrogen (secondary N) is 1. The van der Waals surface area contributed by atoms with E-state index in [-0.39, 0.29) is 5.88 Å². The number of carbonyl (C=O) groups excluding carboxylic acids is 1. The topological polar surface area (TPSA) is 74.6 Å². The molecule has 0 saturated carbocycles. The van der Waals surface area contributed by atoms with Crippen LogP contribution in [0, 0.1) is 6.92 Å². The van der Waals surface area contributed by atoms with Crippen molar-refractivity contribution in [3.05, 3.63) is 66.9 Å². The average molecular weight is 449 g/mol. The van der Waals surface area contributed by atoms with Crippen LogP contribution in [0.3, 0.4) is 0 Å². The van der Waals surface area contributed by atoms with Gasteiger partial charge in [0, 0.05) is 20.4 Å². The Bertz CT molecular complexity index is 1170. The van der Waals surface area contributed by atoms with E-state index in [0.29, 0.717) is 31.2 Å². The predicted molar refractivity (Wildman–Crippen MR) is 106 cm³/mol. The number of hydrogen-bond donors (Lipinski definition) is 2. The van der Waals surface area contributed by atoms with Gasteiger partial charge in [-0.1, -0.05) is 44.9 Å². The summed E-state index contributed by atoms with van der Waals surface area (Å²) < 4.78 is 0.963. The van der Waals surface area contributed by atoms with Crippen molar-refractivity contribution in [2.45, 2.75) is 6.92 Å². The van der Waals surface area contributed by atoms with Crippen LogP contribution in [-0.4, -0.2) is 16.0 Å². The van der Waals surface area contributed by atoms with E-state index in [4.69, 9.17) is 11.6 Å². The fourth-order valence-corrected chi connectivity index (χ4v) is 4.05. The number of aromatic nitrogens is 1. The van der Waals surface area contributed by atoms with Crippen molar-refractivity contribution in [1.82, 2.24) is 4.98 Å². The Hall–Kier alpha value is -2.22. The van der Waals surface area contributed by atoms with Crippen molar-refractivity contribution in [3.8, 4) is 5.88 Å². The molecule has 8 heteroatoms. The smallest absolute Gasteiger partial charge is 0.279 e. The first-order valence-corrected chi connectivity index (χ1v) is 9.58. The minimum atomic E-state index is -0.403. The molecule has 1 aliphatic heterocycles. The largest absolute Gasteiger partial charge is 0.492 e. The second-order valence-corrected chi connectivity index (χ2v) is 7.99. The van der Waals surface area contributed by atoms with Crippen molar-refractivity contribution >= 4 is 61.2 Å². The monoisotopic (exact) mass is 447 g/mol. The summed E-state index contributed by atoms with van der Waals surface area (Å²) in [6.07, 6.45) is 0. The van der Waals surface area contributed by atoms with E-state index in [1.807, 2.05) is 31.2 Å². The van der Waals surface area contributed by atoms with Crippen LogP contribution in [0.15, 0.2) is 45.9 Å². The summed E-state index contributed by atoms with van der Waals surface area (Å²) in [4.78, 5) is 21.1. The highest BCUT2D eigenvalue weighted by Gasteiger charge is 2.25. The summed E-state index contributed by atoms with van der Waals surface area (Å²) in [6.45, 7) is 1.81. The van der Waals surface area contributed by atoms with Gasteiger partial charge in [0.1, 0.15) is 4.88 Å². The lowest BCUT2D eigenvalue weighted by Crippen LogP contribution is -2.26. The molecular formula is C18H11BrClN3O2S. The Balaban J connectivity index is 1.80. The first-order valence-electron chi connectivity index (χ1n) is 7.59. The number of rotatable bonds is 3. The highest BCUT2D eigenvalue weighted by atomic mass is 79.9. The van der Waals surface area contributed by atoms with Crippen molar-refractivity contribution in [1.29, 1.82) is 0 Å². The van der Waals surface area contributed by atoms with Gasteiger partial charge in [-0.15, -0.1) is 0 Å². The Labute approximate surface area is 165 Å². The first kappa shape index (κ1) is 17.2. The van der Waals surface area contributed by atoms with Crippen molar-refractivity contribution < 1.29 is 9.90 Å². The van der Waals surface area contributed by atoms with Crippen LogP contribution in [0.4, 0.5) is 10.8 Å². The van der Waals surface area contributed by atoms with Crippen LogP contribution in [-0.2, 0) is 4.79 Å². The molecule has 1 aliphatic rings. The molecule has 0 radical (unpaired) electrons. The van der Waals surface area contributed by atoms with Crippen LogP contribution in [0.5, 0.6) is 5.88 Å². The van der Waals surface area contributed by atoms with Crippen LogP contribution >= 0.6 is 38.9 Å². The molecule has 5 nitrogen and oxygen atoms in total. The second-order valence-electron chi connectivity index (χ2n) is 5.66. The summed E-state index contributed by atoms with van der Waals surface area (Å²) in [5.74, 6) is -0.604. The van der Waals surface area contributed by atoms with Crippen LogP contribution in [0.25, 0.3) is 5.57 Å². The third kappa shape index (κ3) is 2.92. The maximum atomic E-state index is 12.4. The SMILES string of the molecule is Cc1c(Cl)ccc2c1=NC(=O)C=2c1sc(Nc2ccc(Br)cc2)nc1O. The van der Waals surface area contributed by atoms with Crippen molar-refractivity contribution in [3.63, 3.8) is 0 Å². The Morgan fingerprint density at radius 3 is 2.65 bits per heavy atom. The van der Waals surface area contributed by atoms with Gasteiger partial charge in [0.05, 0.1) is 10.9 Å². The lowest BCUT2D eigenvalue weighted by atomic mass is 10.1. The predicted octanol–water partition coefficient (Wildman–Crippen LogP) is 3.68. The number of carbonyl (C=O) groups is 1. The van der Waals surface area contributed by atoms with Gasteiger partial charge in [-0.3, -0.25) is 4.79 Å². The minimum absolute atomic E-state index is 0.200. The number of thiazole rings is 1. The van der Waals surface area contributed by atoms with Crippen LogP contribution in [0.2, 0.25) is 5.02 Å². The fraction of sp³-hybridized carbons (Fsp3) is 0.0556. The molecule has 4 rings (SSSR count). The molecule has 3 aromatic rings. The maximum absolute atomic E-state index is 12.4. The van der Waals surface area contributed by atoms with Gasteiger partial charge in [-0.25, -0.2) is 4.99 Å². The molecule has 0 fully saturated rings. The minimum Gasteiger partial charge on any atom is -0.492 e. The molecule has 0 saturated heterocycles. The molecule has 26 heavy (non-hydrogen) atoms. The summed E-state index contributed by atoms with van der Waals surface area (Å²) >= 11 is 10.7. The third-order valence-electron chi connectivity index (χ3n) is 3.99.